The molecule has 0 saturated carbocycles. The molecule has 3 aromatic carbocycles. The number of nitrogens with one attached hydrogen (secondary N) is 3. The number of fused-ring (bicyclic) bond motifs is 2. The van der Waals surface area contributed by atoms with E-state index in [0.29, 0.717) is 16.8 Å². The highest BCUT2D eigenvalue weighted by Gasteiger charge is 2.44. The highest BCUT2D eigenvalue weighted by molar-refractivity contribution is 6.06. The lowest BCUT2D eigenvalue weighted by atomic mass is 10.0. The minimum absolute atomic E-state index is 0.101. The maximum atomic E-state index is 13.0. The Balaban J connectivity index is 1.27. The van der Waals surface area contributed by atoms with Crippen LogP contribution in [0.3, 0.4) is 0 Å². The van der Waals surface area contributed by atoms with Crippen molar-refractivity contribution in [2.45, 2.75) is 31.7 Å². The van der Waals surface area contributed by atoms with Gasteiger partial charge in [-0.1, -0.05) is 48.5 Å². The summed E-state index contributed by atoms with van der Waals surface area (Å²) < 4.78 is 0. The second kappa shape index (κ2) is 8.60. The molecule has 5 rings (SSSR count). The molecule has 2 aliphatic rings. The second-order valence-electron chi connectivity index (χ2n) is 8.31. The van der Waals surface area contributed by atoms with Crippen LogP contribution in [0.25, 0.3) is 10.8 Å². The van der Waals surface area contributed by atoms with Gasteiger partial charge in [-0.15, -0.1) is 0 Å². The molecule has 3 aromatic rings. The van der Waals surface area contributed by atoms with Crippen LogP contribution >= 0.6 is 0 Å². The molecule has 1 saturated heterocycles. The zero-order chi connectivity index (χ0) is 23.8. The standard InChI is InChI=1S/C25H22N4O5/c30-21-11-10-20(22(31)28-21)29-23(32)17-9-8-14(12-18(17)24(29)33)13-26-25(34)27-19-7-3-5-15-4-1-2-6-16(15)19/h1-9,12,20,23,32H,10-11,13H2,(H2,26,27,34)(H,28,30,31). The Hall–Kier alpha value is -4.24. The van der Waals surface area contributed by atoms with E-state index in [2.05, 4.69) is 16.0 Å². The summed E-state index contributed by atoms with van der Waals surface area (Å²) in [7, 11) is 0. The zero-order valence-electron chi connectivity index (χ0n) is 18.1. The van der Waals surface area contributed by atoms with E-state index in [1.807, 2.05) is 42.5 Å². The maximum absolute atomic E-state index is 13.0. The molecule has 0 aromatic heterocycles. The minimum atomic E-state index is -1.27. The minimum Gasteiger partial charge on any atom is -0.369 e. The average molecular weight is 458 g/mol. The summed E-state index contributed by atoms with van der Waals surface area (Å²) in [6, 6.07) is 17.0. The first-order valence-electron chi connectivity index (χ1n) is 10.9. The number of aliphatic hydroxyl groups is 1. The van der Waals surface area contributed by atoms with Gasteiger partial charge in [-0.25, -0.2) is 4.79 Å². The van der Waals surface area contributed by atoms with Gasteiger partial charge >= 0.3 is 6.03 Å². The summed E-state index contributed by atoms with van der Waals surface area (Å²) in [5.74, 6) is -1.47. The molecule has 0 bridgehead atoms. The Morgan fingerprint density at radius 1 is 1.06 bits per heavy atom. The molecule has 4 N–H and O–H groups in total. The lowest BCUT2D eigenvalue weighted by molar-refractivity contribution is -0.139. The van der Waals surface area contributed by atoms with Crippen molar-refractivity contribution in [3.8, 4) is 0 Å². The molecule has 34 heavy (non-hydrogen) atoms. The maximum Gasteiger partial charge on any atom is 0.319 e. The second-order valence-corrected chi connectivity index (χ2v) is 8.31. The van der Waals surface area contributed by atoms with E-state index in [4.69, 9.17) is 0 Å². The summed E-state index contributed by atoms with van der Waals surface area (Å²) in [6.45, 7) is 0.158. The molecule has 5 amide bonds. The number of imide groups is 1. The fourth-order valence-corrected chi connectivity index (χ4v) is 4.47. The van der Waals surface area contributed by atoms with Gasteiger partial charge < -0.3 is 15.7 Å². The predicted octanol–water partition coefficient (Wildman–Crippen LogP) is 2.41. The van der Waals surface area contributed by atoms with Crippen molar-refractivity contribution in [1.82, 2.24) is 15.5 Å². The van der Waals surface area contributed by atoms with Gasteiger partial charge in [0.1, 0.15) is 6.04 Å². The Morgan fingerprint density at radius 2 is 1.85 bits per heavy atom. The van der Waals surface area contributed by atoms with Crippen LogP contribution in [0.5, 0.6) is 0 Å². The van der Waals surface area contributed by atoms with Crippen LogP contribution < -0.4 is 16.0 Å². The van der Waals surface area contributed by atoms with Crippen LogP contribution in [0, 0.1) is 0 Å². The van der Waals surface area contributed by atoms with Crippen molar-refractivity contribution in [3.63, 3.8) is 0 Å². The van der Waals surface area contributed by atoms with Crippen molar-refractivity contribution >= 4 is 40.2 Å². The monoisotopic (exact) mass is 458 g/mol. The number of anilines is 1. The van der Waals surface area contributed by atoms with Crippen LogP contribution in [0.4, 0.5) is 10.5 Å². The smallest absolute Gasteiger partial charge is 0.319 e. The molecular formula is C25H22N4O5. The van der Waals surface area contributed by atoms with Crippen molar-refractivity contribution in [2.75, 3.05) is 5.32 Å². The Morgan fingerprint density at radius 3 is 2.68 bits per heavy atom. The van der Waals surface area contributed by atoms with E-state index < -0.39 is 36.0 Å². The van der Waals surface area contributed by atoms with Gasteiger partial charge in [-0.3, -0.25) is 24.6 Å². The molecule has 2 atom stereocenters. The molecule has 2 heterocycles. The number of piperidine rings is 1. The van der Waals surface area contributed by atoms with E-state index in [1.165, 1.54) is 0 Å². The quantitative estimate of drug-likeness (QED) is 0.447. The van der Waals surface area contributed by atoms with Crippen molar-refractivity contribution in [1.29, 1.82) is 0 Å². The normalized spacial score (nSPS) is 19.7. The van der Waals surface area contributed by atoms with Crippen molar-refractivity contribution < 1.29 is 24.3 Å². The number of rotatable bonds is 4. The van der Waals surface area contributed by atoms with Crippen molar-refractivity contribution in [3.05, 3.63) is 77.4 Å². The van der Waals surface area contributed by atoms with E-state index >= 15 is 0 Å². The molecule has 9 nitrogen and oxygen atoms in total. The fourth-order valence-electron chi connectivity index (χ4n) is 4.47. The van der Waals surface area contributed by atoms with E-state index in [0.717, 1.165) is 15.7 Å². The number of nitrogens with zero attached hydrogens (tertiary/aromatic N) is 1. The Kier molecular flexibility index (Phi) is 5.46. The molecule has 2 unspecified atom stereocenters. The van der Waals surface area contributed by atoms with Crippen LogP contribution in [0.15, 0.2) is 60.7 Å². The van der Waals surface area contributed by atoms with E-state index in [9.17, 15) is 24.3 Å². The van der Waals surface area contributed by atoms with E-state index in [1.54, 1.807) is 18.2 Å². The lowest BCUT2D eigenvalue weighted by Crippen LogP contribution is -2.53. The number of hydrogen-bond acceptors (Lipinski definition) is 5. The first-order chi connectivity index (χ1) is 16.4. The van der Waals surface area contributed by atoms with Gasteiger partial charge in [0.15, 0.2) is 6.23 Å². The van der Waals surface area contributed by atoms with Gasteiger partial charge in [0.25, 0.3) is 5.91 Å². The van der Waals surface area contributed by atoms with Gasteiger partial charge in [-0.2, -0.15) is 0 Å². The van der Waals surface area contributed by atoms with E-state index in [-0.39, 0.29) is 24.9 Å². The summed E-state index contributed by atoms with van der Waals surface area (Å²) in [5, 5.41) is 20.4. The number of carbonyl (C=O) groups excluding carboxylic acids is 4. The molecule has 172 valence electrons. The highest BCUT2D eigenvalue weighted by Crippen LogP contribution is 2.35. The third kappa shape index (κ3) is 3.86. The molecule has 1 fully saturated rings. The fraction of sp³-hybridized carbons (Fsp3) is 0.200. The zero-order valence-corrected chi connectivity index (χ0v) is 18.1. The Bertz CT molecular complexity index is 1330. The summed E-state index contributed by atoms with van der Waals surface area (Å²) in [5.41, 5.74) is 2.00. The van der Waals surface area contributed by atoms with Gasteiger partial charge in [-0.05, 0) is 29.5 Å². The first-order valence-corrected chi connectivity index (χ1v) is 10.9. The third-order valence-electron chi connectivity index (χ3n) is 6.16. The summed E-state index contributed by atoms with van der Waals surface area (Å²) in [4.78, 5) is 50.2. The van der Waals surface area contributed by atoms with Crippen molar-refractivity contribution in [2.24, 2.45) is 0 Å². The molecular weight excluding hydrogens is 436 g/mol. The van der Waals surface area contributed by atoms with Crippen LogP contribution in [0.1, 0.15) is 40.6 Å². The van der Waals surface area contributed by atoms with Crippen LogP contribution in [0.2, 0.25) is 0 Å². The Labute approximate surface area is 194 Å². The van der Waals surface area contributed by atoms with Gasteiger partial charge in [0, 0.05) is 29.5 Å². The topological polar surface area (TPSA) is 128 Å². The number of amides is 5. The van der Waals surface area contributed by atoms with Gasteiger partial charge in [0.2, 0.25) is 11.8 Å². The highest BCUT2D eigenvalue weighted by atomic mass is 16.3. The summed E-state index contributed by atoms with van der Waals surface area (Å²) >= 11 is 0. The van der Waals surface area contributed by atoms with Crippen LogP contribution in [-0.2, 0) is 16.1 Å². The number of carbonyl (C=O) groups is 4. The molecule has 0 radical (unpaired) electrons. The SMILES string of the molecule is O=C1CCC(N2C(=O)c3cc(CNC(=O)Nc4cccc5ccccc45)ccc3C2O)C(=O)N1. The molecule has 0 aliphatic carbocycles. The first kappa shape index (κ1) is 21.6. The predicted molar refractivity (Wildman–Crippen MR) is 124 cm³/mol. The average Bonchev–Trinajstić information content (AvgIpc) is 3.07. The lowest BCUT2D eigenvalue weighted by Gasteiger charge is -2.31. The number of hydrogen-bond donors (Lipinski definition) is 4. The number of urea groups is 1. The molecule has 9 heteroatoms. The number of benzene rings is 3. The third-order valence-corrected chi connectivity index (χ3v) is 6.16. The van der Waals surface area contributed by atoms with Gasteiger partial charge in [0.05, 0.1) is 5.69 Å². The molecule has 0 spiro atoms. The largest absolute Gasteiger partial charge is 0.369 e. The summed E-state index contributed by atoms with van der Waals surface area (Å²) in [6.07, 6.45) is -1.02. The number of aliphatic hydroxyl groups excluding tert-OH is 1. The van der Waals surface area contributed by atoms with Crippen LogP contribution in [-0.4, -0.2) is 39.8 Å². The molecule has 2 aliphatic heterocycles.